The topological polar surface area (TPSA) is 66.5 Å². The van der Waals surface area contributed by atoms with Gasteiger partial charge in [0.05, 0.1) is 5.02 Å². The fraction of sp³-hybridized carbons (Fsp3) is 0.409. The second kappa shape index (κ2) is 10.1. The number of hydrogen-bond acceptors (Lipinski definition) is 3. The van der Waals surface area contributed by atoms with E-state index in [2.05, 4.69) is 17.4 Å². The Labute approximate surface area is 188 Å². The van der Waals surface area contributed by atoms with E-state index in [9.17, 15) is 13.2 Å². The minimum absolute atomic E-state index is 0.00611. The molecule has 0 radical (unpaired) electrons. The summed E-state index contributed by atoms with van der Waals surface area (Å²) in [4.78, 5) is 12.6. The normalized spacial score (nSPS) is 16.9. The van der Waals surface area contributed by atoms with E-state index in [0.717, 1.165) is 12.8 Å². The van der Waals surface area contributed by atoms with Crippen molar-refractivity contribution in [1.82, 2.24) is 9.62 Å². The Morgan fingerprint density at radius 2 is 1.80 bits per heavy atom. The van der Waals surface area contributed by atoms with Crippen LogP contribution in [0.1, 0.15) is 31.7 Å². The van der Waals surface area contributed by atoms with Crippen LogP contribution in [0.15, 0.2) is 53.4 Å². The van der Waals surface area contributed by atoms with E-state index < -0.39 is 10.0 Å². The highest BCUT2D eigenvalue weighted by atomic mass is 35.5. The van der Waals surface area contributed by atoms with Crippen LogP contribution in [-0.2, 0) is 21.2 Å². The number of piperidine rings is 1. The van der Waals surface area contributed by atoms with Gasteiger partial charge in [-0.05, 0) is 56.4 Å². The average molecular weight is 469 g/mol. The highest BCUT2D eigenvalue weighted by molar-refractivity contribution is 7.89. The van der Waals surface area contributed by atoms with Crippen LogP contribution >= 0.6 is 23.2 Å². The molecule has 30 heavy (non-hydrogen) atoms. The van der Waals surface area contributed by atoms with Crippen LogP contribution < -0.4 is 5.32 Å². The summed E-state index contributed by atoms with van der Waals surface area (Å²) in [5.74, 6) is -0.196. The molecule has 1 aliphatic heterocycles. The van der Waals surface area contributed by atoms with Gasteiger partial charge < -0.3 is 5.32 Å². The lowest BCUT2D eigenvalue weighted by molar-refractivity contribution is -0.126. The lowest BCUT2D eigenvalue weighted by Gasteiger charge is -2.31. The third-order valence-corrected chi connectivity index (χ3v) is 8.05. The van der Waals surface area contributed by atoms with Gasteiger partial charge in [-0.1, -0.05) is 53.5 Å². The molecule has 2 aromatic carbocycles. The van der Waals surface area contributed by atoms with Crippen molar-refractivity contribution in [2.75, 3.05) is 13.1 Å². The van der Waals surface area contributed by atoms with Crippen molar-refractivity contribution in [3.05, 3.63) is 64.1 Å². The van der Waals surface area contributed by atoms with E-state index in [-0.39, 0.29) is 40.9 Å². The molecule has 2 aromatic rings. The maximum absolute atomic E-state index is 12.9. The lowest BCUT2D eigenvalue weighted by atomic mass is 9.96. The Morgan fingerprint density at radius 1 is 1.13 bits per heavy atom. The van der Waals surface area contributed by atoms with Crippen LogP contribution in [-0.4, -0.2) is 37.8 Å². The third kappa shape index (κ3) is 5.76. The molecule has 1 atom stereocenters. The van der Waals surface area contributed by atoms with Gasteiger partial charge >= 0.3 is 0 Å². The van der Waals surface area contributed by atoms with E-state index in [0.29, 0.717) is 17.9 Å². The van der Waals surface area contributed by atoms with Crippen molar-refractivity contribution in [1.29, 1.82) is 0 Å². The molecule has 3 rings (SSSR count). The third-order valence-electron chi connectivity index (χ3n) is 5.43. The first kappa shape index (κ1) is 23.1. The predicted octanol–water partition coefficient (Wildman–Crippen LogP) is 4.53. The average Bonchev–Trinajstić information content (AvgIpc) is 2.74. The highest BCUT2D eigenvalue weighted by Crippen LogP contribution is 2.30. The number of carbonyl (C=O) groups is 1. The van der Waals surface area contributed by atoms with E-state index >= 15 is 0 Å². The molecule has 1 amide bonds. The largest absolute Gasteiger partial charge is 0.353 e. The summed E-state index contributed by atoms with van der Waals surface area (Å²) in [6.45, 7) is 2.56. The molecule has 0 aromatic heterocycles. The smallest absolute Gasteiger partial charge is 0.244 e. The Balaban J connectivity index is 1.52. The molecule has 0 saturated carbocycles. The minimum Gasteiger partial charge on any atom is -0.353 e. The van der Waals surface area contributed by atoms with Gasteiger partial charge in [-0.3, -0.25) is 4.79 Å². The zero-order chi connectivity index (χ0) is 21.7. The van der Waals surface area contributed by atoms with Crippen LogP contribution in [0, 0.1) is 5.92 Å². The Bertz CT molecular complexity index is 975. The second-order valence-electron chi connectivity index (χ2n) is 7.69. The number of aryl methyl sites for hydroxylation is 1. The van der Waals surface area contributed by atoms with Crippen molar-refractivity contribution in [3.8, 4) is 0 Å². The van der Waals surface area contributed by atoms with E-state index in [4.69, 9.17) is 23.2 Å². The van der Waals surface area contributed by atoms with Crippen LogP contribution in [0.4, 0.5) is 0 Å². The van der Waals surface area contributed by atoms with Gasteiger partial charge in [-0.15, -0.1) is 0 Å². The lowest BCUT2D eigenvalue weighted by Crippen LogP contribution is -2.44. The number of nitrogens with zero attached hydrogens (tertiary/aromatic N) is 1. The van der Waals surface area contributed by atoms with Gasteiger partial charge in [0.25, 0.3) is 0 Å². The number of rotatable bonds is 7. The molecule has 1 heterocycles. The molecule has 1 fully saturated rings. The van der Waals surface area contributed by atoms with Gasteiger partial charge in [0, 0.05) is 30.1 Å². The van der Waals surface area contributed by atoms with Crippen LogP contribution in [0.25, 0.3) is 0 Å². The van der Waals surface area contributed by atoms with Crippen LogP contribution in [0.2, 0.25) is 10.0 Å². The molecule has 1 aliphatic rings. The molecule has 8 heteroatoms. The number of halogens is 2. The molecule has 0 unspecified atom stereocenters. The van der Waals surface area contributed by atoms with Crippen molar-refractivity contribution in [2.24, 2.45) is 5.92 Å². The van der Waals surface area contributed by atoms with E-state index in [1.54, 1.807) is 6.07 Å². The summed E-state index contributed by atoms with van der Waals surface area (Å²) in [6.07, 6.45) is 2.72. The summed E-state index contributed by atoms with van der Waals surface area (Å²) < 4.78 is 27.2. The fourth-order valence-corrected chi connectivity index (χ4v) is 5.84. The van der Waals surface area contributed by atoms with Gasteiger partial charge in [-0.25, -0.2) is 8.42 Å². The molecule has 162 valence electrons. The van der Waals surface area contributed by atoms with Gasteiger partial charge in [-0.2, -0.15) is 4.31 Å². The zero-order valence-electron chi connectivity index (χ0n) is 16.9. The number of sulfonamides is 1. The second-order valence-corrected chi connectivity index (χ2v) is 10.4. The first-order valence-corrected chi connectivity index (χ1v) is 12.3. The summed E-state index contributed by atoms with van der Waals surface area (Å²) in [6, 6.07) is 14.6. The predicted molar refractivity (Wildman–Crippen MR) is 120 cm³/mol. The first-order valence-electron chi connectivity index (χ1n) is 10.1. The molecule has 0 spiro atoms. The number of amides is 1. The van der Waals surface area contributed by atoms with Crippen molar-refractivity contribution in [3.63, 3.8) is 0 Å². The zero-order valence-corrected chi connectivity index (χ0v) is 19.2. The van der Waals surface area contributed by atoms with Gasteiger partial charge in [0.15, 0.2) is 0 Å². The monoisotopic (exact) mass is 468 g/mol. The van der Waals surface area contributed by atoms with E-state index in [1.807, 2.05) is 25.1 Å². The fourth-order valence-electron chi connectivity index (χ4n) is 3.63. The molecular weight excluding hydrogens is 443 g/mol. The quantitative estimate of drug-likeness (QED) is 0.648. The molecular formula is C22H26Cl2N2O3S. The Kier molecular flexibility index (Phi) is 7.80. The molecule has 5 nitrogen and oxygen atoms in total. The Hall–Kier alpha value is -1.60. The number of benzene rings is 2. The minimum atomic E-state index is -3.74. The van der Waals surface area contributed by atoms with Crippen LogP contribution in [0.5, 0.6) is 0 Å². The van der Waals surface area contributed by atoms with Crippen molar-refractivity contribution >= 4 is 39.1 Å². The van der Waals surface area contributed by atoms with Crippen LogP contribution in [0.3, 0.4) is 0 Å². The standard InChI is InChI=1S/C22H26Cl2N2O3S/c1-16(7-8-17-5-3-2-4-6-17)25-22(27)18-11-13-26(14-12-18)30(28,29)21-15-19(23)9-10-20(21)24/h2-6,9-10,15-16,18H,7-8,11-14H2,1H3,(H,25,27)/t16-/m0/s1. The maximum Gasteiger partial charge on any atom is 0.244 e. The van der Waals surface area contributed by atoms with Gasteiger partial charge in [0.1, 0.15) is 4.90 Å². The number of hydrogen-bond donors (Lipinski definition) is 1. The summed E-state index contributed by atoms with van der Waals surface area (Å²) in [5, 5.41) is 3.54. The first-order chi connectivity index (χ1) is 14.3. The summed E-state index contributed by atoms with van der Waals surface area (Å²) in [5.41, 5.74) is 1.25. The maximum atomic E-state index is 12.9. The van der Waals surface area contributed by atoms with E-state index in [1.165, 1.54) is 22.0 Å². The number of nitrogens with one attached hydrogen (secondary N) is 1. The molecule has 0 aliphatic carbocycles. The van der Waals surface area contributed by atoms with Crippen molar-refractivity contribution in [2.45, 2.75) is 43.5 Å². The molecule has 1 saturated heterocycles. The molecule has 1 N–H and O–H groups in total. The van der Waals surface area contributed by atoms with Gasteiger partial charge in [0.2, 0.25) is 15.9 Å². The highest BCUT2D eigenvalue weighted by Gasteiger charge is 2.33. The summed E-state index contributed by atoms with van der Waals surface area (Å²) >= 11 is 12.0. The summed E-state index contributed by atoms with van der Waals surface area (Å²) in [7, 11) is -3.74. The number of carbonyl (C=O) groups excluding carboxylic acids is 1. The Morgan fingerprint density at radius 3 is 2.47 bits per heavy atom. The SMILES string of the molecule is C[C@@H](CCc1ccccc1)NC(=O)C1CCN(S(=O)(=O)c2cc(Cl)ccc2Cl)CC1. The van der Waals surface area contributed by atoms with Crippen molar-refractivity contribution < 1.29 is 13.2 Å². The molecule has 0 bridgehead atoms.